The second-order valence-corrected chi connectivity index (χ2v) is 3.67. The van der Waals surface area contributed by atoms with Crippen LogP contribution >= 0.6 is 0 Å². The molecule has 0 saturated carbocycles. The Balaban J connectivity index is 2.92. The van der Waals surface area contributed by atoms with Crippen molar-refractivity contribution in [1.29, 1.82) is 0 Å². The predicted molar refractivity (Wildman–Crippen MR) is 58.0 cm³/mol. The smallest absolute Gasteiger partial charge is 0.217 e. The predicted octanol–water partition coefficient (Wildman–Crippen LogP) is 2.72. The van der Waals surface area contributed by atoms with E-state index in [1.165, 1.54) is 13.0 Å². The molecule has 0 radical (unpaired) electrons. The highest BCUT2D eigenvalue weighted by molar-refractivity contribution is 5.73. The van der Waals surface area contributed by atoms with Crippen LogP contribution in [0.2, 0.25) is 0 Å². The number of nitrogens with one attached hydrogen (secondary N) is 1. The van der Waals surface area contributed by atoms with Gasteiger partial charge in [-0.3, -0.25) is 4.79 Å². The summed E-state index contributed by atoms with van der Waals surface area (Å²) in [6.07, 6.45) is 0.796. The third kappa shape index (κ3) is 3.05. The van der Waals surface area contributed by atoms with Crippen LogP contribution in [0.5, 0.6) is 0 Å². The number of halogens is 1. The maximum atomic E-state index is 13.0. The lowest BCUT2D eigenvalue weighted by atomic mass is 10.0. The SMILES string of the molecule is CC[C@@H](NC(C)=O)c1ccc(F)c(C)c1. The van der Waals surface area contributed by atoms with Gasteiger partial charge in [0.05, 0.1) is 6.04 Å². The number of rotatable bonds is 3. The average Bonchev–Trinajstić information content (AvgIpc) is 2.18. The van der Waals surface area contributed by atoms with Crippen molar-refractivity contribution in [2.45, 2.75) is 33.2 Å². The quantitative estimate of drug-likeness (QED) is 0.814. The minimum absolute atomic E-state index is 0.0261. The molecule has 0 aliphatic carbocycles. The average molecular weight is 209 g/mol. The lowest BCUT2D eigenvalue weighted by Gasteiger charge is -2.16. The summed E-state index contributed by atoms with van der Waals surface area (Å²) in [7, 11) is 0. The Kier molecular flexibility index (Phi) is 3.83. The van der Waals surface area contributed by atoms with Crippen molar-refractivity contribution in [3.8, 4) is 0 Å². The van der Waals surface area contributed by atoms with Crippen LogP contribution in [0.1, 0.15) is 37.4 Å². The van der Waals surface area contributed by atoms with Gasteiger partial charge in [0, 0.05) is 6.92 Å². The fourth-order valence-electron chi connectivity index (χ4n) is 1.55. The monoisotopic (exact) mass is 209 g/mol. The largest absolute Gasteiger partial charge is 0.350 e. The van der Waals surface area contributed by atoms with Crippen LogP contribution in [0, 0.1) is 12.7 Å². The summed E-state index contributed by atoms with van der Waals surface area (Å²) >= 11 is 0. The van der Waals surface area contributed by atoms with Crippen molar-refractivity contribution in [2.75, 3.05) is 0 Å². The lowest BCUT2D eigenvalue weighted by molar-refractivity contribution is -0.119. The summed E-state index contributed by atoms with van der Waals surface area (Å²) in [5.74, 6) is -0.278. The molecule has 1 atom stereocenters. The maximum absolute atomic E-state index is 13.0. The first kappa shape index (κ1) is 11.7. The molecular weight excluding hydrogens is 193 g/mol. The van der Waals surface area contributed by atoms with E-state index in [4.69, 9.17) is 0 Å². The van der Waals surface area contributed by atoms with Gasteiger partial charge in [0.1, 0.15) is 5.82 Å². The number of carbonyl (C=O) groups is 1. The van der Waals surface area contributed by atoms with Gasteiger partial charge >= 0.3 is 0 Å². The Hall–Kier alpha value is -1.38. The van der Waals surface area contributed by atoms with E-state index in [9.17, 15) is 9.18 Å². The minimum Gasteiger partial charge on any atom is -0.350 e. The Bertz CT molecular complexity index is 363. The van der Waals surface area contributed by atoms with E-state index in [1.807, 2.05) is 6.92 Å². The number of hydrogen-bond acceptors (Lipinski definition) is 1. The van der Waals surface area contributed by atoms with Crippen LogP contribution in [-0.4, -0.2) is 5.91 Å². The number of amides is 1. The third-order valence-corrected chi connectivity index (χ3v) is 2.37. The first-order valence-electron chi connectivity index (χ1n) is 5.07. The van der Waals surface area contributed by atoms with Gasteiger partial charge in [0.15, 0.2) is 0 Å². The molecule has 0 spiro atoms. The van der Waals surface area contributed by atoms with Crippen molar-refractivity contribution in [3.63, 3.8) is 0 Å². The molecule has 1 aromatic rings. The molecule has 0 aliphatic heterocycles. The van der Waals surface area contributed by atoms with Crippen LogP contribution in [0.3, 0.4) is 0 Å². The Morgan fingerprint density at radius 1 is 1.53 bits per heavy atom. The van der Waals surface area contributed by atoms with E-state index in [0.717, 1.165) is 12.0 Å². The Morgan fingerprint density at radius 2 is 2.20 bits per heavy atom. The topological polar surface area (TPSA) is 29.1 Å². The molecule has 1 N–H and O–H groups in total. The van der Waals surface area contributed by atoms with Crippen LogP contribution in [0.4, 0.5) is 4.39 Å². The first-order chi connectivity index (χ1) is 7.04. The van der Waals surface area contributed by atoms with Crippen LogP contribution in [0.25, 0.3) is 0 Å². The number of benzene rings is 1. The van der Waals surface area contributed by atoms with Gasteiger partial charge in [-0.2, -0.15) is 0 Å². The molecule has 0 bridgehead atoms. The van der Waals surface area contributed by atoms with Gasteiger partial charge < -0.3 is 5.32 Å². The normalized spacial score (nSPS) is 12.3. The highest BCUT2D eigenvalue weighted by Gasteiger charge is 2.11. The summed E-state index contributed by atoms with van der Waals surface area (Å²) < 4.78 is 13.0. The number of hydrogen-bond donors (Lipinski definition) is 1. The molecular formula is C12H16FNO. The fourth-order valence-corrected chi connectivity index (χ4v) is 1.55. The number of aryl methyl sites for hydroxylation is 1. The molecule has 1 aromatic carbocycles. The molecule has 0 heterocycles. The summed E-state index contributed by atoms with van der Waals surface area (Å²) in [6.45, 7) is 5.19. The molecule has 1 rings (SSSR count). The van der Waals surface area contributed by atoms with E-state index in [1.54, 1.807) is 19.1 Å². The van der Waals surface area contributed by atoms with Crippen molar-refractivity contribution in [2.24, 2.45) is 0 Å². The second kappa shape index (κ2) is 4.91. The zero-order valence-corrected chi connectivity index (χ0v) is 9.30. The van der Waals surface area contributed by atoms with Gasteiger partial charge in [0.25, 0.3) is 0 Å². The van der Waals surface area contributed by atoms with E-state index >= 15 is 0 Å². The van der Waals surface area contributed by atoms with Crippen molar-refractivity contribution in [1.82, 2.24) is 5.32 Å². The molecule has 0 fully saturated rings. The zero-order chi connectivity index (χ0) is 11.4. The highest BCUT2D eigenvalue weighted by atomic mass is 19.1. The highest BCUT2D eigenvalue weighted by Crippen LogP contribution is 2.19. The number of carbonyl (C=O) groups excluding carboxylic acids is 1. The van der Waals surface area contributed by atoms with E-state index in [0.29, 0.717) is 5.56 Å². The van der Waals surface area contributed by atoms with Gasteiger partial charge in [-0.15, -0.1) is 0 Å². The summed E-state index contributed by atoms with van der Waals surface area (Å²) in [5, 5.41) is 2.83. The van der Waals surface area contributed by atoms with Crippen LogP contribution in [0.15, 0.2) is 18.2 Å². The molecule has 0 saturated heterocycles. The zero-order valence-electron chi connectivity index (χ0n) is 9.30. The van der Waals surface area contributed by atoms with Gasteiger partial charge in [-0.05, 0) is 30.5 Å². The molecule has 82 valence electrons. The van der Waals surface area contributed by atoms with Crippen molar-refractivity contribution >= 4 is 5.91 Å². The van der Waals surface area contributed by atoms with Gasteiger partial charge in [-0.1, -0.05) is 19.1 Å². The molecule has 0 unspecified atom stereocenters. The first-order valence-corrected chi connectivity index (χ1v) is 5.07. The van der Waals surface area contributed by atoms with E-state index < -0.39 is 0 Å². The standard InChI is InChI=1S/C12H16FNO/c1-4-12(14-9(3)15)10-5-6-11(13)8(2)7-10/h5-7,12H,4H2,1-3H3,(H,14,15)/t12-/m1/s1. The summed E-state index contributed by atoms with van der Waals surface area (Å²) in [4.78, 5) is 11.0. The molecule has 3 heteroatoms. The Morgan fingerprint density at radius 3 is 2.67 bits per heavy atom. The van der Waals surface area contributed by atoms with Gasteiger partial charge in [-0.25, -0.2) is 4.39 Å². The Labute approximate surface area is 89.5 Å². The van der Waals surface area contributed by atoms with E-state index in [-0.39, 0.29) is 17.8 Å². The lowest BCUT2D eigenvalue weighted by Crippen LogP contribution is -2.25. The van der Waals surface area contributed by atoms with Crippen molar-refractivity contribution in [3.05, 3.63) is 35.1 Å². The fraction of sp³-hybridized carbons (Fsp3) is 0.417. The molecule has 1 amide bonds. The molecule has 0 aliphatic rings. The van der Waals surface area contributed by atoms with Gasteiger partial charge in [0.2, 0.25) is 5.91 Å². The van der Waals surface area contributed by atoms with Crippen LogP contribution in [-0.2, 0) is 4.79 Å². The third-order valence-electron chi connectivity index (χ3n) is 2.37. The van der Waals surface area contributed by atoms with E-state index in [2.05, 4.69) is 5.32 Å². The molecule has 0 aromatic heterocycles. The van der Waals surface area contributed by atoms with Crippen LogP contribution < -0.4 is 5.32 Å². The molecule has 15 heavy (non-hydrogen) atoms. The summed E-state index contributed by atoms with van der Waals surface area (Å²) in [5.41, 5.74) is 1.56. The maximum Gasteiger partial charge on any atom is 0.217 e. The molecule has 2 nitrogen and oxygen atoms in total. The minimum atomic E-state index is -0.212. The second-order valence-electron chi connectivity index (χ2n) is 3.67. The summed E-state index contributed by atoms with van der Waals surface area (Å²) in [6, 6.07) is 4.91. The van der Waals surface area contributed by atoms with Crippen molar-refractivity contribution < 1.29 is 9.18 Å².